The number of likely N-dealkylation sites (tertiary alicyclic amines) is 1. The third kappa shape index (κ3) is 3.71. The number of piperidine rings is 1. The zero-order chi connectivity index (χ0) is 13.8. The van der Waals surface area contributed by atoms with E-state index in [-0.39, 0.29) is 12.5 Å². The van der Waals surface area contributed by atoms with Crippen molar-refractivity contribution in [2.75, 3.05) is 19.6 Å². The van der Waals surface area contributed by atoms with E-state index in [0.29, 0.717) is 32.5 Å². The van der Waals surface area contributed by atoms with Crippen LogP contribution in [0.15, 0.2) is 12.4 Å². The van der Waals surface area contributed by atoms with Crippen LogP contribution in [0, 0.1) is 10.1 Å². The molecule has 0 amide bonds. The number of β-amino-alcohol motifs (C(OH)–C–C–N with tert-alkyl or cyclic N) is 1. The molecule has 106 valence electrons. The molecule has 1 unspecified atom stereocenters. The van der Waals surface area contributed by atoms with Crippen LogP contribution in [0.2, 0.25) is 0 Å². The first-order chi connectivity index (χ1) is 9.06. The van der Waals surface area contributed by atoms with E-state index < -0.39 is 17.2 Å². The van der Waals surface area contributed by atoms with Gasteiger partial charge in [-0.1, -0.05) is 4.98 Å². The molecule has 0 aromatic carbocycles. The topological polar surface area (TPSA) is 84.4 Å². The number of imidazole rings is 1. The molecule has 2 rings (SSSR count). The van der Waals surface area contributed by atoms with Gasteiger partial charge in [-0.25, -0.2) is 8.96 Å². The molecular formula is C11H17FN4O3. The molecule has 1 aromatic rings. The minimum atomic E-state index is -0.747. The molecule has 0 spiro atoms. The largest absolute Gasteiger partial charge is 0.434 e. The average Bonchev–Trinajstić information content (AvgIpc) is 2.80. The van der Waals surface area contributed by atoms with Gasteiger partial charge in [-0.05, 0) is 17.8 Å². The summed E-state index contributed by atoms with van der Waals surface area (Å²) in [5, 5.41) is 20.6. The number of hydrogen-bond acceptors (Lipinski definition) is 5. The number of halogens is 1. The first-order valence-electron chi connectivity index (χ1n) is 6.26. The van der Waals surface area contributed by atoms with E-state index in [9.17, 15) is 19.6 Å². The van der Waals surface area contributed by atoms with Gasteiger partial charge in [0.05, 0.1) is 12.6 Å². The quantitative estimate of drug-likeness (QED) is 0.626. The molecule has 8 heteroatoms. The summed E-state index contributed by atoms with van der Waals surface area (Å²) in [6.45, 7) is 1.74. The molecule has 1 aromatic heterocycles. The van der Waals surface area contributed by atoms with Gasteiger partial charge in [-0.15, -0.1) is 0 Å². The Kier molecular flexibility index (Phi) is 4.43. The van der Waals surface area contributed by atoms with E-state index in [0.717, 1.165) is 0 Å². The van der Waals surface area contributed by atoms with Crippen LogP contribution in [-0.2, 0) is 6.54 Å². The molecule has 1 saturated heterocycles. The molecule has 2 heterocycles. The first kappa shape index (κ1) is 13.9. The lowest BCUT2D eigenvalue weighted by Crippen LogP contribution is -2.40. The van der Waals surface area contributed by atoms with Crippen molar-refractivity contribution in [1.29, 1.82) is 0 Å². The summed E-state index contributed by atoms with van der Waals surface area (Å²) in [7, 11) is 0. The van der Waals surface area contributed by atoms with Gasteiger partial charge in [0, 0.05) is 19.6 Å². The molecule has 1 aliphatic rings. The summed E-state index contributed by atoms with van der Waals surface area (Å²) in [5.74, 6) is -0.276. The minimum Gasteiger partial charge on any atom is -0.390 e. The lowest BCUT2D eigenvalue weighted by Gasteiger charge is -2.29. The van der Waals surface area contributed by atoms with E-state index in [2.05, 4.69) is 4.98 Å². The molecule has 1 N–H and O–H groups in total. The van der Waals surface area contributed by atoms with Crippen LogP contribution < -0.4 is 0 Å². The standard InChI is InChI=1S/C11H17FN4O3/c12-9-1-4-14(5-2-9)7-10(17)8-15-6-3-13-11(15)16(18)19/h3,6,9-10,17H,1-2,4-5,7-8H2. The average molecular weight is 272 g/mol. The fraction of sp³-hybridized carbons (Fsp3) is 0.727. The Bertz CT molecular complexity index is 431. The Hall–Kier alpha value is -1.54. The molecule has 19 heavy (non-hydrogen) atoms. The van der Waals surface area contributed by atoms with Crippen LogP contribution in [0.5, 0.6) is 0 Å². The molecule has 0 aliphatic carbocycles. The van der Waals surface area contributed by atoms with Crippen LogP contribution in [0.3, 0.4) is 0 Å². The van der Waals surface area contributed by atoms with Crippen LogP contribution in [-0.4, -0.2) is 56.4 Å². The first-order valence-corrected chi connectivity index (χ1v) is 6.26. The Labute approximate surface area is 109 Å². The van der Waals surface area contributed by atoms with Crippen molar-refractivity contribution in [3.63, 3.8) is 0 Å². The Morgan fingerprint density at radius 1 is 1.53 bits per heavy atom. The van der Waals surface area contributed by atoms with Gasteiger partial charge in [0.15, 0.2) is 0 Å². The zero-order valence-electron chi connectivity index (χ0n) is 10.5. The van der Waals surface area contributed by atoms with Crippen LogP contribution in [0.1, 0.15) is 12.8 Å². The van der Waals surface area contributed by atoms with Crippen molar-refractivity contribution < 1.29 is 14.4 Å². The number of nitrogens with zero attached hydrogens (tertiary/aromatic N) is 4. The predicted molar refractivity (Wildman–Crippen MR) is 65.5 cm³/mol. The van der Waals surface area contributed by atoms with Crippen LogP contribution >= 0.6 is 0 Å². The molecule has 0 bridgehead atoms. The van der Waals surface area contributed by atoms with E-state index in [1.165, 1.54) is 17.0 Å². The van der Waals surface area contributed by atoms with Gasteiger partial charge < -0.3 is 20.1 Å². The second kappa shape index (κ2) is 6.07. The van der Waals surface area contributed by atoms with Gasteiger partial charge in [0.2, 0.25) is 0 Å². The van der Waals surface area contributed by atoms with Gasteiger partial charge in [0.25, 0.3) is 0 Å². The minimum absolute atomic E-state index is 0.117. The van der Waals surface area contributed by atoms with Gasteiger partial charge in [-0.2, -0.15) is 0 Å². The van der Waals surface area contributed by atoms with E-state index >= 15 is 0 Å². The van der Waals surface area contributed by atoms with Crippen molar-refractivity contribution in [2.24, 2.45) is 0 Å². The number of aliphatic hydroxyl groups is 1. The smallest absolute Gasteiger partial charge is 0.390 e. The second-order valence-electron chi connectivity index (χ2n) is 4.77. The lowest BCUT2D eigenvalue weighted by molar-refractivity contribution is -0.397. The maximum atomic E-state index is 13.0. The highest BCUT2D eigenvalue weighted by Crippen LogP contribution is 2.14. The summed E-state index contributed by atoms with van der Waals surface area (Å²) in [5.41, 5.74) is 0. The van der Waals surface area contributed by atoms with E-state index in [1.54, 1.807) is 0 Å². The van der Waals surface area contributed by atoms with Crippen molar-refractivity contribution in [3.8, 4) is 0 Å². The van der Waals surface area contributed by atoms with Gasteiger partial charge in [-0.3, -0.25) is 0 Å². The summed E-state index contributed by atoms with van der Waals surface area (Å²) in [6, 6.07) is 0. The maximum absolute atomic E-state index is 13.0. The number of alkyl halides is 1. The fourth-order valence-electron chi connectivity index (χ4n) is 2.28. The van der Waals surface area contributed by atoms with Crippen molar-refractivity contribution >= 4 is 5.95 Å². The number of aliphatic hydroxyl groups excluding tert-OH is 1. The molecule has 0 radical (unpaired) electrons. The highest BCUT2D eigenvalue weighted by molar-refractivity contribution is 5.06. The monoisotopic (exact) mass is 272 g/mol. The molecule has 1 aliphatic heterocycles. The third-order valence-corrected chi connectivity index (χ3v) is 3.25. The van der Waals surface area contributed by atoms with Crippen molar-refractivity contribution in [1.82, 2.24) is 14.5 Å². The molecule has 1 atom stereocenters. The number of rotatable bonds is 5. The SMILES string of the molecule is O=[N+]([O-])c1nccn1CC(O)CN1CCC(F)CC1. The number of nitro groups is 1. The second-order valence-corrected chi connectivity index (χ2v) is 4.77. The molecule has 1 fully saturated rings. The Morgan fingerprint density at radius 2 is 2.21 bits per heavy atom. The highest BCUT2D eigenvalue weighted by Gasteiger charge is 2.22. The lowest BCUT2D eigenvalue weighted by atomic mass is 10.1. The Morgan fingerprint density at radius 3 is 2.84 bits per heavy atom. The van der Waals surface area contributed by atoms with Crippen LogP contribution in [0.25, 0.3) is 0 Å². The zero-order valence-corrected chi connectivity index (χ0v) is 10.5. The number of aromatic nitrogens is 2. The third-order valence-electron chi connectivity index (χ3n) is 3.25. The van der Waals surface area contributed by atoms with Gasteiger partial charge >= 0.3 is 5.95 Å². The summed E-state index contributed by atoms with van der Waals surface area (Å²) < 4.78 is 14.3. The molecule has 7 nitrogen and oxygen atoms in total. The predicted octanol–water partition coefficient (Wildman–Crippen LogP) is 0.586. The normalized spacial score (nSPS) is 19.5. The maximum Gasteiger partial charge on any atom is 0.434 e. The molecular weight excluding hydrogens is 255 g/mol. The summed E-state index contributed by atoms with van der Waals surface area (Å²) >= 11 is 0. The highest BCUT2D eigenvalue weighted by atomic mass is 19.1. The van der Waals surface area contributed by atoms with Gasteiger partial charge in [0.1, 0.15) is 18.6 Å². The Balaban J connectivity index is 1.85. The van der Waals surface area contributed by atoms with Crippen LogP contribution in [0.4, 0.5) is 10.3 Å². The van der Waals surface area contributed by atoms with E-state index in [1.807, 2.05) is 4.90 Å². The number of hydrogen-bond donors (Lipinski definition) is 1. The van der Waals surface area contributed by atoms with Crippen molar-refractivity contribution in [2.45, 2.75) is 31.7 Å². The fourth-order valence-corrected chi connectivity index (χ4v) is 2.28. The van der Waals surface area contributed by atoms with E-state index in [4.69, 9.17) is 0 Å². The summed E-state index contributed by atoms with van der Waals surface area (Å²) in [6.07, 6.45) is 2.29. The molecule has 0 saturated carbocycles. The summed E-state index contributed by atoms with van der Waals surface area (Å²) in [4.78, 5) is 15.7. The van der Waals surface area contributed by atoms with Crippen molar-refractivity contribution in [3.05, 3.63) is 22.5 Å².